The quantitative estimate of drug-likeness (QED) is 0.600. The van der Waals surface area contributed by atoms with Crippen molar-refractivity contribution in [2.45, 2.75) is 45.2 Å². The Morgan fingerprint density at radius 2 is 1.50 bits per heavy atom. The van der Waals surface area contributed by atoms with E-state index >= 15 is 0 Å². The zero-order chi connectivity index (χ0) is 21.9. The Morgan fingerprint density at radius 3 is 2.03 bits per heavy atom. The van der Waals surface area contributed by atoms with E-state index in [1.807, 2.05) is 60.7 Å². The lowest BCUT2D eigenvalue weighted by Gasteiger charge is -2.31. The van der Waals surface area contributed by atoms with Crippen LogP contribution in [0, 0.1) is 5.92 Å². The predicted octanol–water partition coefficient (Wildman–Crippen LogP) is 3.05. The first-order valence-electron chi connectivity index (χ1n) is 10.7. The lowest BCUT2D eigenvalue weighted by atomic mass is 10.00. The average molecular weight is 410 g/mol. The monoisotopic (exact) mass is 409 g/mol. The molecule has 0 aliphatic rings. The van der Waals surface area contributed by atoms with Gasteiger partial charge in [-0.2, -0.15) is 0 Å². The van der Waals surface area contributed by atoms with Gasteiger partial charge >= 0.3 is 0 Å². The molecule has 5 nitrogen and oxygen atoms in total. The van der Waals surface area contributed by atoms with Crippen LogP contribution in [0.4, 0.5) is 0 Å². The number of benzene rings is 2. The molecule has 0 saturated heterocycles. The van der Waals surface area contributed by atoms with Crippen LogP contribution in [0.2, 0.25) is 0 Å². The molecule has 162 valence electrons. The molecule has 2 aromatic rings. The smallest absolute Gasteiger partial charge is 0.243 e. The predicted molar refractivity (Wildman–Crippen MR) is 122 cm³/mol. The molecule has 0 aliphatic heterocycles. The Balaban J connectivity index is 2.10. The largest absolute Gasteiger partial charge is 0.354 e. The molecule has 0 bridgehead atoms. The van der Waals surface area contributed by atoms with Crippen molar-refractivity contribution in [3.05, 3.63) is 71.8 Å². The van der Waals surface area contributed by atoms with Crippen LogP contribution in [0.5, 0.6) is 0 Å². The lowest BCUT2D eigenvalue weighted by Crippen LogP contribution is -2.54. The van der Waals surface area contributed by atoms with Crippen molar-refractivity contribution in [2.75, 3.05) is 20.6 Å². The van der Waals surface area contributed by atoms with Crippen molar-refractivity contribution in [2.24, 2.45) is 5.92 Å². The maximum Gasteiger partial charge on any atom is 0.243 e. The second kappa shape index (κ2) is 12.1. The van der Waals surface area contributed by atoms with Gasteiger partial charge in [0.25, 0.3) is 0 Å². The van der Waals surface area contributed by atoms with Crippen molar-refractivity contribution in [1.29, 1.82) is 0 Å². The van der Waals surface area contributed by atoms with Gasteiger partial charge in [0.05, 0.1) is 6.04 Å². The van der Waals surface area contributed by atoms with Crippen LogP contribution < -0.4 is 10.6 Å². The van der Waals surface area contributed by atoms with Crippen molar-refractivity contribution >= 4 is 11.8 Å². The summed E-state index contributed by atoms with van der Waals surface area (Å²) in [6.45, 7) is 4.72. The Hall–Kier alpha value is -2.66. The number of nitrogens with one attached hydrogen (secondary N) is 2. The number of hydrogen-bond acceptors (Lipinski definition) is 3. The zero-order valence-corrected chi connectivity index (χ0v) is 18.6. The fraction of sp³-hybridized carbons (Fsp3) is 0.440. The number of amides is 2. The Labute approximate surface area is 180 Å². The number of carbonyl (C=O) groups is 2. The minimum absolute atomic E-state index is 0.0506. The first-order chi connectivity index (χ1) is 14.4. The second-order valence-electron chi connectivity index (χ2n) is 8.15. The molecule has 0 heterocycles. The number of nitrogens with zero attached hydrogens (tertiary/aromatic N) is 1. The highest BCUT2D eigenvalue weighted by molar-refractivity contribution is 5.90. The topological polar surface area (TPSA) is 61.4 Å². The van der Waals surface area contributed by atoms with E-state index in [2.05, 4.69) is 24.5 Å². The maximum absolute atomic E-state index is 13.1. The van der Waals surface area contributed by atoms with Gasteiger partial charge in [-0.15, -0.1) is 0 Å². The third kappa shape index (κ3) is 7.30. The molecule has 2 atom stereocenters. The first-order valence-corrected chi connectivity index (χ1v) is 10.7. The molecular formula is C25H35N3O2. The van der Waals surface area contributed by atoms with E-state index in [0.29, 0.717) is 18.9 Å². The minimum atomic E-state index is -0.557. The normalized spacial score (nSPS) is 13.0. The molecule has 0 fully saturated rings. The van der Waals surface area contributed by atoms with Gasteiger partial charge < -0.3 is 15.5 Å². The summed E-state index contributed by atoms with van der Waals surface area (Å²) in [6, 6.07) is 19.1. The average Bonchev–Trinajstić information content (AvgIpc) is 2.76. The molecule has 0 saturated carbocycles. The molecule has 2 N–H and O–H groups in total. The van der Waals surface area contributed by atoms with Gasteiger partial charge in [0, 0.05) is 20.0 Å². The van der Waals surface area contributed by atoms with Gasteiger partial charge in [-0.3, -0.25) is 9.59 Å². The van der Waals surface area contributed by atoms with Crippen LogP contribution >= 0.6 is 0 Å². The summed E-state index contributed by atoms with van der Waals surface area (Å²) in [7, 11) is 3.53. The summed E-state index contributed by atoms with van der Waals surface area (Å²) in [5, 5.41) is 6.15. The highest BCUT2D eigenvalue weighted by Gasteiger charge is 2.31. The molecule has 0 aromatic heterocycles. The number of carbonyl (C=O) groups excluding carboxylic acids is 2. The zero-order valence-electron chi connectivity index (χ0n) is 18.6. The van der Waals surface area contributed by atoms with Gasteiger partial charge in [0.15, 0.2) is 0 Å². The Morgan fingerprint density at radius 1 is 0.933 bits per heavy atom. The van der Waals surface area contributed by atoms with Crippen molar-refractivity contribution in [3.8, 4) is 0 Å². The molecule has 2 aromatic carbocycles. The number of hydrogen-bond donors (Lipinski definition) is 2. The molecule has 30 heavy (non-hydrogen) atoms. The van der Waals surface area contributed by atoms with Crippen molar-refractivity contribution < 1.29 is 9.59 Å². The third-order valence-corrected chi connectivity index (χ3v) is 5.30. The highest BCUT2D eigenvalue weighted by Crippen LogP contribution is 2.13. The fourth-order valence-corrected chi connectivity index (χ4v) is 3.55. The van der Waals surface area contributed by atoms with Crippen molar-refractivity contribution in [1.82, 2.24) is 15.5 Å². The number of likely N-dealkylation sites (N-methyl/N-ethyl adjacent to an activating group) is 2. The molecule has 2 rings (SSSR count). The van der Waals surface area contributed by atoms with Crippen LogP contribution in [0.1, 0.15) is 31.4 Å². The fourth-order valence-electron chi connectivity index (χ4n) is 3.55. The molecule has 0 aliphatic carbocycles. The summed E-state index contributed by atoms with van der Waals surface area (Å²) in [5.74, 6) is 0.211. The molecule has 2 amide bonds. The summed E-state index contributed by atoms with van der Waals surface area (Å²) in [6.07, 6.45) is 1.97. The SMILES string of the molecule is CN[C@@H](CC(C)C)C(=O)N(C)[C@@H](Cc1ccccc1)C(=O)NCCc1ccccc1. The van der Waals surface area contributed by atoms with Crippen LogP contribution in [-0.2, 0) is 22.4 Å². The van der Waals surface area contributed by atoms with E-state index < -0.39 is 6.04 Å². The van der Waals surface area contributed by atoms with Gasteiger partial charge in [-0.05, 0) is 36.9 Å². The van der Waals surface area contributed by atoms with E-state index in [9.17, 15) is 9.59 Å². The Bertz CT molecular complexity index is 777. The molecule has 0 spiro atoms. The van der Waals surface area contributed by atoms with E-state index in [0.717, 1.165) is 18.4 Å². The van der Waals surface area contributed by atoms with Crippen molar-refractivity contribution in [3.63, 3.8) is 0 Å². The summed E-state index contributed by atoms with van der Waals surface area (Å²) >= 11 is 0. The molecule has 0 unspecified atom stereocenters. The summed E-state index contributed by atoms with van der Waals surface area (Å²) < 4.78 is 0. The second-order valence-corrected chi connectivity index (χ2v) is 8.15. The molecule has 0 radical (unpaired) electrons. The van der Waals surface area contributed by atoms with Crippen LogP contribution in [0.3, 0.4) is 0 Å². The van der Waals surface area contributed by atoms with Crippen LogP contribution in [-0.4, -0.2) is 49.4 Å². The minimum Gasteiger partial charge on any atom is -0.354 e. The number of rotatable bonds is 11. The van der Waals surface area contributed by atoms with Gasteiger partial charge in [0.1, 0.15) is 6.04 Å². The van der Waals surface area contributed by atoms with E-state index in [-0.39, 0.29) is 17.9 Å². The Kier molecular flexibility index (Phi) is 9.55. The third-order valence-electron chi connectivity index (χ3n) is 5.30. The van der Waals surface area contributed by atoms with Crippen LogP contribution in [0.15, 0.2) is 60.7 Å². The van der Waals surface area contributed by atoms with E-state index in [1.54, 1.807) is 19.0 Å². The van der Waals surface area contributed by atoms with Gasteiger partial charge in [-0.1, -0.05) is 74.5 Å². The lowest BCUT2D eigenvalue weighted by molar-refractivity contribution is -0.140. The molecular weight excluding hydrogens is 374 g/mol. The molecule has 5 heteroatoms. The standard InChI is InChI=1S/C25H35N3O2/c1-19(2)17-22(26-3)25(30)28(4)23(18-21-13-9-6-10-14-21)24(29)27-16-15-20-11-7-5-8-12-20/h5-14,19,22-23,26H,15-18H2,1-4H3,(H,27,29)/t22-,23-/m0/s1. The van der Waals surface area contributed by atoms with E-state index in [1.165, 1.54) is 5.56 Å². The summed E-state index contributed by atoms with van der Waals surface area (Å²) in [4.78, 5) is 27.8. The van der Waals surface area contributed by atoms with Gasteiger partial charge in [-0.25, -0.2) is 0 Å². The maximum atomic E-state index is 13.1. The van der Waals surface area contributed by atoms with Crippen LogP contribution in [0.25, 0.3) is 0 Å². The van der Waals surface area contributed by atoms with Gasteiger partial charge in [0.2, 0.25) is 11.8 Å². The summed E-state index contributed by atoms with van der Waals surface area (Å²) in [5.41, 5.74) is 2.21. The first kappa shape index (κ1) is 23.6. The highest BCUT2D eigenvalue weighted by atomic mass is 16.2. The van der Waals surface area contributed by atoms with E-state index in [4.69, 9.17) is 0 Å².